The molecule has 0 spiro atoms. The van der Waals surface area contributed by atoms with Crippen molar-refractivity contribution in [2.75, 3.05) is 6.61 Å². The van der Waals surface area contributed by atoms with Gasteiger partial charge < -0.3 is 14.9 Å². The Kier molecular flexibility index (Phi) is 4.85. The Bertz CT molecular complexity index is 372. The molecule has 0 aromatic carbocycles. The number of carbonyl (C=O) groups excluding carboxylic acids is 1. The number of halogens is 1. The predicted octanol–water partition coefficient (Wildman–Crippen LogP) is 0.802. The maximum Gasteiger partial charge on any atom is 0.338 e. The van der Waals surface area contributed by atoms with E-state index in [0.717, 1.165) is 0 Å². The van der Waals surface area contributed by atoms with E-state index in [9.17, 15) is 15.0 Å². The van der Waals surface area contributed by atoms with Crippen molar-refractivity contribution in [1.29, 1.82) is 0 Å². The minimum atomic E-state index is -1.62. The van der Waals surface area contributed by atoms with Gasteiger partial charge in [-0.2, -0.15) is 0 Å². The molecule has 16 heavy (non-hydrogen) atoms. The Balaban J connectivity index is 2.77. The molecule has 2 N–H and O–H groups in total. The van der Waals surface area contributed by atoms with E-state index in [1.165, 1.54) is 6.07 Å². The van der Waals surface area contributed by atoms with Crippen LogP contribution in [0.25, 0.3) is 0 Å². The van der Waals surface area contributed by atoms with Gasteiger partial charge in [-0.25, -0.2) is 9.78 Å². The molecule has 1 aromatic heterocycles. The van der Waals surface area contributed by atoms with Crippen LogP contribution in [0.5, 0.6) is 0 Å². The third kappa shape index (κ3) is 3.26. The lowest BCUT2D eigenvalue weighted by atomic mass is 10.1. The average molecular weight is 290 g/mol. The van der Waals surface area contributed by atoms with Gasteiger partial charge in [-0.15, -0.1) is 0 Å². The summed E-state index contributed by atoms with van der Waals surface area (Å²) in [6.07, 6.45) is -3.02. The number of aromatic nitrogens is 1. The number of ether oxygens (including phenoxy) is 1. The summed E-state index contributed by atoms with van der Waals surface area (Å²) >= 11 is 3.13. The number of pyridine rings is 1. The molecular formula is C10H12BrNO4. The highest BCUT2D eigenvalue weighted by Crippen LogP contribution is 2.17. The van der Waals surface area contributed by atoms with Gasteiger partial charge in [0.05, 0.1) is 12.3 Å². The average Bonchev–Trinajstić information content (AvgIpc) is 2.27. The SMILES string of the molecule is CCOC(=O)C(O)C(O)c1cccc(Br)n1. The zero-order valence-electron chi connectivity index (χ0n) is 8.63. The minimum Gasteiger partial charge on any atom is -0.464 e. The van der Waals surface area contributed by atoms with E-state index in [-0.39, 0.29) is 12.3 Å². The second-order valence-electron chi connectivity index (χ2n) is 3.03. The van der Waals surface area contributed by atoms with Crippen LogP contribution < -0.4 is 0 Å². The van der Waals surface area contributed by atoms with Crippen molar-refractivity contribution in [3.05, 3.63) is 28.5 Å². The fourth-order valence-electron chi connectivity index (χ4n) is 1.11. The maximum atomic E-state index is 11.2. The fourth-order valence-corrected chi connectivity index (χ4v) is 1.46. The van der Waals surface area contributed by atoms with Gasteiger partial charge in [0.25, 0.3) is 0 Å². The summed E-state index contributed by atoms with van der Waals surface area (Å²) < 4.78 is 5.10. The smallest absolute Gasteiger partial charge is 0.338 e. The zero-order valence-corrected chi connectivity index (χ0v) is 10.2. The van der Waals surface area contributed by atoms with E-state index in [2.05, 4.69) is 25.7 Å². The molecule has 1 heterocycles. The van der Waals surface area contributed by atoms with Crippen LogP contribution in [0.15, 0.2) is 22.8 Å². The Hall–Kier alpha value is -0.980. The molecular weight excluding hydrogens is 278 g/mol. The van der Waals surface area contributed by atoms with Crippen LogP contribution in [0.4, 0.5) is 0 Å². The number of hydrogen-bond donors (Lipinski definition) is 2. The van der Waals surface area contributed by atoms with Crippen molar-refractivity contribution in [3.63, 3.8) is 0 Å². The lowest BCUT2D eigenvalue weighted by molar-refractivity contribution is -0.159. The van der Waals surface area contributed by atoms with Gasteiger partial charge in [0, 0.05) is 0 Å². The first-order valence-corrected chi connectivity index (χ1v) is 5.50. The molecule has 2 unspecified atom stereocenters. The number of nitrogens with zero attached hydrogens (tertiary/aromatic N) is 1. The molecule has 1 aromatic rings. The lowest BCUT2D eigenvalue weighted by Gasteiger charge is -2.15. The summed E-state index contributed by atoms with van der Waals surface area (Å²) in [6.45, 7) is 1.77. The predicted molar refractivity (Wildman–Crippen MR) is 59.5 cm³/mol. The van der Waals surface area contributed by atoms with Crippen LogP contribution in [0.3, 0.4) is 0 Å². The van der Waals surface area contributed by atoms with Gasteiger partial charge in [-0.3, -0.25) is 0 Å². The molecule has 0 fully saturated rings. The van der Waals surface area contributed by atoms with E-state index in [0.29, 0.717) is 4.60 Å². The third-order valence-corrected chi connectivity index (χ3v) is 2.31. The molecule has 0 amide bonds. The Labute approximate surface area is 101 Å². The van der Waals surface area contributed by atoms with Gasteiger partial charge >= 0.3 is 5.97 Å². The third-order valence-electron chi connectivity index (χ3n) is 1.87. The highest BCUT2D eigenvalue weighted by atomic mass is 79.9. The number of aliphatic hydroxyl groups is 2. The Morgan fingerprint density at radius 3 is 2.81 bits per heavy atom. The molecule has 0 bridgehead atoms. The molecule has 6 heteroatoms. The zero-order chi connectivity index (χ0) is 12.1. The summed E-state index contributed by atoms with van der Waals surface area (Å²) in [5.41, 5.74) is 0.204. The van der Waals surface area contributed by atoms with E-state index >= 15 is 0 Å². The van der Waals surface area contributed by atoms with Gasteiger partial charge in [-0.05, 0) is 35.0 Å². The maximum absolute atomic E-state index is 11.2. The van der Waals surface area contributed by atoms with Crippen molar-refractivity contribution in [2.24, 2.45) is 0 Å². The normalized spacial score (nSPS) is 14.2. The van der Waals surface area contributed by atoms with Gasteiger partial charge in [0.1, 0.15) is 10.7 Å². The first-order valence-electron chi connectivity index (χ1n) is 4.71. The van der Waals surface area contributed by atoms with E-state index in [4.69, 9.17) is 0 Å². The monoisotopic (exact) mass is 289 g/mol. The van der Waals surface area contributed by atoms with Crippen molar-refractivity contribution in [1.82, 2.24) is 4.98 Å². The van der Waals surface area contributed by atoms with Crippen LogP contribution in [-0.2, 0) is 9.53 Å². The van der Waals surface area contributed by atoms with E-state index in [1.54, 1.807) is 19.1 Å². The molecule has 5 nitrogen and oxygen atoms in total. The second-order valence-corrected chi connectivity index (χ2v) is 3.84. The summed E-state index contributed by atoms with van der Waals surface area (Å²) in [5.74, 6) is -0.864. The van der Waals surface area contributed by atoms with Crippen LogP contribution in [0, 0.1) is 0 Å². The molecule has 0 radical (unpaired) electrons. The summed E-state index contributed by atoms with van der Waals surface area (Å²) in [4.78, 5) is 15.1. The Morgan fingerprint density at radius 2 is 2.25 bits per heavy atom. The molecule has 0 aliphatic rings. The molecule has 0 saturated carbocycles. The lowest BCUT2D eigenvalue weighted by Crippen LogP contribution is -2.30. The van der Waals surface area contributed by atoms with Crippen molar-refractivity contribution < 1.29 is 19.7 Å². The number of esters is 1. The molecule has 0 saturated heterocycles. The molecule has 0 aliphatic heterocycles. The number of aliphatic hydroxyl groups excluding tert-OH is 2. The number of rotatable bonds is 4. The largest absolute Gasteiger partial charge is 0.464 e. The van der Waals surface area contributed by atoms with Crippen LogP contribution in [0.1, 0.15) is 18.7 Å². The van der Waals surface area contributed by atoms with Crippen LogP contribution in [-0.4, -0.2) is 33.9 Å². The molecule has 0 aliphatic carbocycles. The standard InChI is InChI=1S/C10H12BrNO4/c1-2-16-10(15)9(14)8(13)6-4-3-5-7(11)12-6/h3-5,8-9,13-14H,2H2,1H3. The number of carbonyl (C=O) groups is 1. The topological polar surface area (TPSA) is 79.7 Å². The van der Waals surface area contributed by atoms with Crippen molar-refractivity contribution in [2.45, 2.75) is 19.1 Å². The first kappa shape index (κ1) is 13.1. The first-order chi connectivity index (χ1) is 7.56. The van der Waals surface area contributed by atoms with E-state index < -0.39 is 18.2 Å². The highest BCUT2D eigenvalue weighted by molar-refractivity contribution is 9.10. The van der Waals surface area contributed by atoms with E-state index in [1.807, 2.05) is 0 Å². The molecule has 88 valence electrons. The van der Waals surface area contributed by atoms with Crippen molar-refractivity contribution in [3.8, 4) is 0 Å². The quantitative estimate of drug-likeness (QED) is 0.633. The summed E-state index contributed by atoms with van der Waals surface area (Å²) in [6, 6.07) is 4.83. The Morgan fingerprint density at radius 1 is 1.56 bits per heavy atom. The second kappa shape index (κ2) is 5.93. The van der Waals surface area contributed by atoms with Gasteiger partial charge in [0.2, 0.25) is 0 Å². The van der Waals surface area contributed by atoms with Crippen LogP contribution in [0.2, 0.25) is 0 Å². The van der Waals surface area contributed by atoms with Crippen molar-refractivity contribution >= 4 is 21.9 Å². The minimum absolute atomic E-state index is 0.147. The highest BCUT2D eigenvalue weighted by Gasteiger charge is 2.27. The summed E-state index contributed by atoms with van der Waals surface area (Å²) in [7, 11) is 0. The fraction of sp³-hybridized carbons (Fsp3) is 0.400. The molecule has 1 rings (SSSR count). The van der Waals surface area contributed by atoms with Gasteiger partial charge in [-0.1, -0.05) is 6.07 Å². The van der Waals surface area contributed by atoms with Crippen LogP contribution >= 0.6 is 15.9 Å². The summed E-state index contributed by atoms with van der Waals surface area (Å²) in [5, 5.41) is 19.2. The van der Waals surface area contributed by atoms with Gasteiger partial charge in [0.15, 0.2) is 6.10 Å². The molecule has 2 atom stereocenters. The number of hydrogen-bond acceptors (Lipinski definition) is 5.